The van der Waals surface area contributed by atoms with E-state index in [1.807, 2.05) is 0 Å². The molecule has 0 fully saturated rings. The molecule has 0 aliphatic rings. The number of hydroxylamine groups is 1. The van der Waals surface area contributed by atoms with E-state index in [9.17, 15) is 18.0 Å². The van der Waals surface area contributed by atoms with Gasteiger partial charge in [-0.25, -0.2) is 8.42 Å². The fourth-order valence-electron chi connectivity index (χ4n) is 2.13. The first-order chi connectivity index (χ1) is 12.2. The van der Waals surface area contributed by atoms with Crippen LogP contribution in [0.1, 0.15) is 32.2 Å². The van der Waals surface area contributed by atoms with Crippen LogP contribution in [-0.2, 0) is 14.9 Å². The highest BCUT2D eigenvalue weighted by Gasteiger charge is 2.21. The molecular weight excluding hydrogens is 362 g/mol. The highest BCUT2D eigenvalue weighted by molar-refractivity contribution is 7.89. The Bertz CT molecular complexity index is 918. The van der Waals surface area contributed by atoms with Crippen molar-refractivity contribution < 1.29 is 27.3 Å². The molecule has 0 spiro atoms. The minimum absolute atomic E-state index is 0.0352. The number of sulfonamides is 1. The van der Waals surface area contributed by atoms with Crippen molar-refractivity contribution in [3.63, 3.8) is 0 Å². The molecule has 2 N–H and O–H groups in total. The number of nitrogens with one attached hydrogen (secondary N) is 2. The zero-order valence-electron chi connectivity index (χ0n) is 14.7. The number of hydrogen-bond donors (Lipinski definition) is 2. The monoisotopic (exact) mass is 381 g/mol. The summed E-state index contributed by atoms with van der Waals surface area (Å²) in [5.74, 6) is -0.100. The van der Waals surface area contributed by atoms with Crippen LogP contribution in [0.4, 0.5) is 0 Å². The van der Waals surface area contributed by atoms with Gasteiger partial charge in [0.25, 0.3) is 21.8 Å². The molecule has 0 radical (unpaired) electrons. The number of nitrogens with zero attached hydrogens (tertiary/aromatic N) is 1. The zero-order valence-corrected chi connectivity index (χ0v) is 15.5. The first-order valence-corrected chi connectivity index (χ1v) is 8.91. The molecule has 0 saturated carbocycles. The van der Waals surface area contributed by atoms with Crippen LogP contribution >= 0.6 is 0 Å². The van der Waals surface area contributed by atoms with Crippen LogP contribution in [0.15, 0.2) is 39.6 Å². The number of rotatable bonds is 5. The van der Waals surface area contributed by atoms with Gasteiger partial charge >= 0.3 is 0 Å². The number of benzene rings is 1. The first-order valence-electron chi connectivity index (χ1n) is 7.47. The van der Waals surface area contributed by atoms with Crippen LogP contribution in [0.5, 0.6) is 0 Å². The average molecular weight is 381 g/mol. The average Bonchev–Trinajstić information content (AvgIpc) is 2.96. The predicted octanol–water partition coefficient (Wildman–Crippen LogP) is 1.15. The van der Waals surface area contributed by atoms with Crippen molar-refractivity contribution in [1.29, 1.82) is 0 Å². The summed E-state index contributed by atoms with van der Waals surface area (Å²) in [5, 5.41) is 0. The highest BCUT2D eigenvalue weighted by Crippen LogP contribution is 2.15. The Labute approximate surface area is 150 Å². The van der Waals surface area contributed by atoms with Crippen molar-refractivity contribution in [2.75, 3.05) is 14.2 Å². The standard InChI is InChI=1S/C16H19N3O6S/c1-10-9-14(11(2)25-10)16(21)18-17-15(20)12-5-7-13(8-6-12)26(22,23)19(3)24-4/h5-9H,1-4H3,(H,17,20)(H,18,21). The van der Waals surface area contributed by atoms with Gasteiger partial charge in [-0.1, -0.05) is 4.47 Å². The summed E-state index contributed by atoms with van der Waals surface area (Å²) in [6, 6.07) is 6.75. The van der Waals surface area contributed by atoms with E-state index in [0.717, 1.165) is 0 Å². The van der Waals surface area contributed by atoms with Crippen LogP contribution in [0, 0.1) is 13.8 Å². The van der Waals surface area contributed by atoms with Gasteiger partial charge in [-0.05, 0) is 44.2 Å². The smallest absolute Gasteiger partial charge is 0.273 e. The Morgan fingerprint density at radius 1 is 1.08 bits per heavy atom. The van der Waals surface area contributed by atoms with Crippen molar-refractivity contribution in [3.8, 4) is 0 Å². The number of amides is 2. The third-order valence-corrected chi connectivity index (χ3v) is 5.28. The van der Waals surface area contributed by atoms with E-state index in [-0.39, 0.29) is 10.5 Å². The number of hydrogen-bond acceptors (Lipinski definition) is 6. The SMILES string of the molecule is CON(C)S(=O)(=O)c1ccc(C(=O)NNC(=O)c2cc(C)oc2C)cc1. The minimum Gasteiger partial charge on any atom is -0.466 e. The third-order valence-electron chi connectivity index (χ3n) is 3.59. The normalized spacial score (nSPS) is 11.4. The Morgan fingerprint density at radius 2 is 1.65 bits per heavy atom. The lowest BCUT2D eigenvalue weighted by atomic mass is 10.2. The second-order valence-corrected chi connectivity index (χ2v) is 7.29. The Balaban J connectivity index is 2.04. The van der Waals surface area contributed by atoms with Crippen LogP contribution in [0.2, 0.25) is 0 Å². The summed E-state index contributed by atoms with van der Waals surface area (Å²) in [7, 11) is -1.31. The summed E-state index contributed by atoms with van der Waals surface area (Å²) in [6.45, 7) is 3.35. The third kappa shape index (κ3) is 4.10. The maximum atomic E-state index is 12.1. The van der Waals surface area contributed by atoms with Crippen LogP contribution in [0.25, 0.3) is 0 Å². The lowest BCUT2D eigenvalue weighted by Gasteiger charge is -2.14. The number of hydrazine groups is 1. The molecule has 2 aromatic rings. The van der Waals surface area contributed by atoms with E-state index < -0.39 is 21.8 Å². The molecule has 0 bridgehead atoms. The number of carbonyl (C=O) groups excluding carboxylic acids is 2. The van der Waals surface area contributed by atoms with Gasteiger partial charge in [0.05, 0.1) is 17.6 Å². The van der Waals surface area contributed by atoms with E-state index in [1.165, 1.54) is 38.4 Å². The van der Waals surface area contributed by atoms with E-state index in [2.05, 4.69) is 15.7 Å². The van der Waals surface area contributed by atoms with E-state index in [4.69, 9.17) is 4.42 Å². The van der Waals surface area contributed by atoms with Gasteiger partial charge in [-0.15, -0.1) is 0 Å². The van der Waals surface area contributed by atoms with Crippen LogP contribution in [-0.4, -0.2) is 38.9 Å². The lowest BCUT2D eigenvalue weighted by molar-refractivity contribution is -0.0258. The van der Waals surface area contributed by atoms with Crippen molar-refractivity contribution >= 4 is 21.8 Å². The fourth-order valence-corrected chi connectivity index (χ4v) is 3.11. The number of carbonyl (C=O) groups is 2. The number of furan rings is 1. The van der Waals surface area contributed by atoms with Gasteiger partial charge in [0.1, 0.15) is 11.5 Å². The number of aryl methyl sites for hydroxylation is 2. The molecule has 2 amide bonds. The fraction of sp³-hybridized carbons (Fsp3) is 0.250. The molecule has 0 aliphatic carbocycles. The molecule has 1 aromatic carbocycles. The molecule has 0 aliphatic heterocycles. The van der Waals surface area contributed by atoms with Gasteiger partial charge < -0.3 is 4.42 Å². The lowest BCUT2D eigenvalue weighted by Crippen LogP contribution is -2.41. The summed E-state index contributed by atoms with van der Waals surface area (Å²) < 4.78 is 30.1. The summed E-state index contributed by atoms with van der Waals surface area (Å²) in [5.41, 5.74) is 5.02. The zero-order chi connectivity index (χ0) is 19.5. The van der Waals surface area contributed by atoms with Gasteiger partial charge in [0.2, 0.25) is 0 Å². The van der Waals surface area contributed by atoms with E-state index in [0.29, 0.717) is 21.6 Å². The molecule has 9 nitrogen and oxygen atoms in total. The van der Waals surface area contributed by atoms with Crippen LogP contribution in [0.3, 0.4) is 0 Å². The highest BCUT2D eigenvalue weighted by atomic mass is 32.2. The second kappa shape index (κ2) is 7.68. The molecule has 26 heavy (non-hydrogen) atoms. The van der Waals surface area contributed by atoms with Gasteiger partial charge in [0, 0.05) is 12.6 Å². The first kappa shape index (κ1) is 19.6. The Morgan fingerprint density at radius 3 is 2.15 bits per heavy atom. The maximum Gasteiger partial charge on any atom is 0.273 e. The topological polar surface area (TPSA) is 118 Å². The predicted molar refractivity (Wildman–Crippen MR) is 91.5 cm³/mol. The molecule has 1 heterocycles. The molecule has 140 valence electrons. The molecule has 0 saturated heterocycles. The van der Waals surface area contributed by atoms with E-state index >= 15 is 0 Å². The van der Waals surface area contributed by atoms with Gasteiger partial charge in [-0.3, -0.25) is 25.3 Å². The van der Waals surface area contributed by atoms with Crippen LogP contribution < -0.4 is 10.9 Å². The summed E-state index contributed by atoms with van der Waals surface area (Å²) in [6.07, 6.45) is 0. The Hall–Kier alpha value is -2.69. The molecule has 0 unspecified atom stereocenters. The molecular formula is C16H19N3O6S. The van der Waals surface area contributed by atoms with Crippen molar-refractivity contribution in [1.82, 2.24) is 15.3 Å². The van der Waals surface area contributed by atoms with Gasteiger partial charge in [-0.2, -0.15) is 0 Å². The van der Waals surface area contributed by atoms with Crippen molar-refractivity contribution in [3.05, 3.63) is 53.0 Å². The second-order valence-electron chi connectivity index (χ2n) is 5.36. The largest absolute Gasteiger partial charge is 0.466 e. The van der Waals surface area contributed by atoms with Crippen molar-refractivity contribution in [2.24, 2.45) is 0 Å². The maximum absolute atomic E-state index is 12.1. The molecule has 10 heteroatoms. The minimum atomic E-state index is -3.80. The Kier molecular flexibility index (Phi) is 5.80. The summed E-state index contributed by atoms with van der Waals surface area (Å²) in [4.78, 5) is 28.8. The van der Waals surface area contributed by atoms with Gasteiger partial charge in [0.15, 0.2) is 0 Å². The van der Waals surface area contributed by atoms with Crippen molar-refractivity contribution in [2.45, 2.75) is 18.7 Å². The molecule has 0 atom stereocenters. The molecule has 1 aromatic heterocycles. The summed E-state index contributed by atoms with van der Waals surface area (Å²) >= 11 is 0. The van der Waals surface area contributed by atoms with E-state index in [1.54, 1.807) is 19.9 Å². The molecule has 2 rings (SSSR count). The quantitative estimate of drug-likeness (QED) is 0.750.